The minimum Gasteiger partial charge on any atom is -0.489 e. The SMILES string of the molecule is Cc1ccc(COc2ccc(C(=O)N/N=C\c3ccc(N(C)c4ccccc4)cc3)cc2)cc1. The molecule has 0 atom stereocenters. The average molecular weight is 450 g/mol. The quantitative estimate of drug-likeness (QED) is 0.261. The number of hydrogen-bond donors (Lipinski definition) is 1. The van der Waals surface area contributed by atoms with Crippen LogP contribution in [0.3, 0.4) is 0 Å². The highest BCUT2D eigenvalue weighted by molar-refractivity contribution is 5.95. The second-order valence-corrected chi connectivity index (χ2v) is 7.98. The maximum atomic E-state index is 12.4. The van der Waals surface area contributed by atoms with Gasteiger partial charge in [0, 0.05) is 24.0 Å². The summed E-state index contributed by atoms with van der Waals surface area (Å²) >= 11 is 0. The minimum atomic E-state index is -0.276. The number of hydrazone groups is 1. The van der Waals surface area contributed by atoms with Crippen molar-refractivity contribution >= 4 is 23.5 Å². The molecule has 170 valence electrons. The zero-order valence-corrected chi connectivity index (χ0v) is 19.3. The van der Waals surface area contributed by atoms with Gasteiger partial charge in [-0.2, -0.15) is 5.10 Å². The van der Waals surface area contributed by atoms with Crippen LogP contribution in [0.15, 0.2) is 108 Å². The first kappa shape index (κ1) is 22.8. The van der Waals surface area contributed by atoms with E-state index in [-0.39, 0.29) is 5.91 Å². The highest BCUT2D eigenvalue weighted by atomic mass is 16.5. The Kier molecular flexibility index (Phi) is 7.35. The first-order valence-electron chi connectivity index (χ1n) is 11.1. The van der Waals surface area contributed by atoms with Crippen molar-refractivity contribution in [2.75, 3.05) is 11.9 Å². The standard InChI is InChI=1S/C29H27N3O2/c1-22-8-10-24(11-9-22)21-34-28-18-14-25(15-19-28)29(33)31-30-20-23-12-16-27(17-13-23)32(2)26-6-4-3-5-7-26/h3-20H,21H2,1-2H3,(H,31,33)/b30-20-. The van der Waals surface area contributed by atoms with Gasteiger partial charge in [-0.25, -0.2) is 5.43 Å². The summed E-state index contributed by atoms with van der Waals surface area (Å²) in [6, 6.07) is 33.4. The predicted molar refractivity (Wildman–Crippen MR) is 138 cm³/mol. The van der Waals surface area contributed by atoms with E-state index in [1.54, 1.807) is 30.5 Å². The summed E-state index contributed by atoms with van der Waals surface area (Å²) in [6.45, 7) is 2.54. The van der Waals surface area contributed by atoms with Crippen LogP contribution in [0.2, 0.25) is 0 Å². The van der Waals surface area contributed by atoms with Crippen LogP contribution in [0.25, 0.3) is 0 Å². The monoisotopic (exact) mass is 449 g/mol. The Hall–Kier alpha value is -4.38. The molecule has 5 heteroatoms. The molecule has 4 rings (SSSR count). The van der Waals surface area contributed by atoms with Gasteiger partial charge in [0.25, 0.3) is 5.91 Å². The van der Waals surface area contributed by atoms with Crippen molar-refractivity contribution < 1.29 is 9.53 Å². The van der Waals surface area contributed by atoms with Crippen molar-refractivity contribution in [1.82, 2.24) is 5.43 Å². The molecule has 1 amide bonds. The molecule has 1 N–H and O–H groups in total. The fraction of sp³-hybridized carbons (Fsp3) is 0.103. The Balaban J connectivity index is 1.28. The molecule has 4 aromatic carbocycles. The Morgan fingerprint density at radius 3 is 2.18 bits per heavy atom. The van der Waals surface area contributed by atoms with E-state index in [4.69, 9.17) is 4.74 Å². The van der Waals surface area contributed by atoms with Crippen LogP contribution in [-0.4, -0.2) is 19.2 Å². The second kappa shape index (κ2) is 11.0. The van der Waals surface area contributed by atoms with Crippen LogP contribution in [0.4, 0.5) is 11.4 Å². The number of hydrogen-bond acceptors (Lipinski definition) is 4. The maximum absolute atomic E-state index is 12.4. The molecule has 34 heavy (non-hydrogen) atoms. The van der Waals surface area contributed by atoms with Gasteiger partial charge in [0.15, 0.2) is 0 Å². The molecule has 4 aromatic rings. The molecule has 0 fully saturated rings. The summed E-state index contributed by atoms with van der Waals surface area (Å²) in [5, 5.41) is 4.09. The van der Waals surface area contributed by atoms with Crippen molar-refractivity contribution in [2.45, 2.75) is 13.5 Å². The number of nitrogens with zero attached hydrogens (tertiary/aromatic N) is 2. The lowest BCUT2D eigenvalue weighted by Crippen LogP contribution is -2.17. The Morgan fingerprint density at radius 1 is 0.853 bits per heavy atom. The van der Waals surface area contributed by atoms with Gasteiger partial charge in [0.1, 0.15) is 12.4 Å². The number of rotatable bonds is 8. The van der Waals surface area contributed by atoms with E-state index in [9.17, 15) is 4.79 Å². The van der Waals surface area contributed by atoms with Crippen molar-refractivity contribution in [2.24, 2.45) is 5.10 Å². The van der Waals surface area contributed by atoms with Crippen molar-refractivity contribution in [1.29, 1.82) is 0 Å². The topological polar surface area (TPSA) is 53.9 Å². The number of benzene rings is 4. The van der Waals surface area contributed by atoms with Gasteiger partial charge >= 0.3 is 0 Å². The van der Waals surface area contributed by atoms with Crippen LogP contribution in [0.1, 0.15) is 27.0 Å². The molecule has 0 spiro atoms. The third kappa shape index (κ3) is 6.11. The Bertz CT molecular complexity index is 1230. The van der Waals surface area contributed by atoms with Gasteiger partial charge in [-0.15, -0.1) is 0 Å². The van der Waals surface area contributed by atoms with Gasteiger partial charge in [-0.1, -0.05) is 60.2 Å². The smallest absolute Gasteiger partial charge is 0.271 e. The van der Waals surface area contributed by atoms with E-state index in [1.807, 2.05) is 61.6 Å². The molecular weight excluding hydrogens is 422 g/mol. The fourth-order valence-electron chi connectivity index (χ4n) is 3.37. The zero-order valence-electron chi connectivity index (χ0n) is 19.3. The molecular formula is C29H27N3O2. The number of carbonyl (C=O) groups excluding carboxylic acids is 1. The molecule has 0 heterocycles. The highest BCUT2D eigenvalue weighted by Gasteiger charge is 2.05. The van der Waals surface area contributed by atoms with E-state index in [0.29, 0.717) is 17.9 Å². The lowest BCUT2D eigenvalue weighted by molar-refractivity contribution is 0.0955. The molecule has 0 aliphatic carbocycles. The Morgan fingerprint density at radius 2 is 1.50 bits per heavy atom. The zero-order chi connectivity index (χ0) is 23.8. The van der Waals surface area contributed by atoms with Crippen molar-refractivity contribution in [3.05, 3.63) is 125 Å². The second-order valence-electron chi connectivity index (χ2n) is 7.98. The van der Waals surface area contributed by atoms with Gasteiger partial charge < -0.3 is 9.64 Å². The molecule has 0 aliphatic heterocycles. The summed E-state index contributed by atoms with van der Waals surface area (Å²) < 4.78 is 5.80. The Labute approximate surface area is 200 Å². The highest BCUT2D eigenvalue weighted by Crippen LogP contribution is 2.23. The van der Waals surface area contributed by atoms with E-state index >= 15 is 0 Å². The summed E-state index contributed by atoms with van der Waals surface area (Å²) in [7, 11) is 2.03. The van der Waals surface area contributed by atoms with E-state index in [0.717, 1.165) is 22.5 Å². The van der Waals surface area contributed by atoms with Gasteiger partial charge in [0.05, 0.1) is 6.21 Å². The minimum absolute atomic E-state index is 0.276. The van der Waals surface area contributed by atoms with Crippen LogP contribution < -0.4 is 15.1 Å². The van der Waals surface area contributed by atoms with E-state index in [1.165, 1.54) is 5.56 Å². The molecule has 0 unspecified atom stereocenters. The lowest BCUT2D eigenvalue weighted by Gasteiger charge is -2.19. The van der Waals surface area contributed by atoms with Gasteiger partial charge in [0.2, 0.25) is 0 Å². The molecule has 0 aromatic heterocycles. The lowest BCUT2D eigenvalue weighted by atomic mass is 10.2. The van der Waals surface area contributed by atoms with Crippen LogP contribution in [0.5, 0.6) is 5.75 Å². The number of ether oxygens (including phenoxy) is 1. The third-order valence-corrected chi connectivity index (χ3v) is 5.45. The number of nitrogens with one attached hydrogen (secondary N) is 1. The fourth-order valence-corrected chi connectivity index (χ4v) is 3.37. The van der Waals surface area contributed by atoms with Crippen LogP contribution in [-0.2, 0) is 6.61 Å². The summed E-state index contributed by atoms with van der Waals surface area (Å²) in [4.78, 5) is 14.5. The molecule has 5 nitrogen and oxygen atoms in total. The summed E-state index contributed by atoms with van der Waals surface area (Å²) in [5.74, 6) is 0.433. The number of carbonyl (C=O) groups is 1. The third-order valence-electron chi connectivity index (χ3n) is 5.45. The van der Waals surface area contributed by atoms with Gasteiger partial charge in [-0.3, -0.25) is 4.79 Å². The number of aryl methyl sites for hydroxylation is 1. The van der Waals surface area contributed by atoms with Gasteiger partial charge in [-0.05, 0) is 66.6 Å². The molecule has 0 radical (unpaired) electrons. The van der Waals surface area contributed by atoms with Crippen LogP contribution in [0, 0.1) is 6.92 Å². The van der Waals surface area contributed by atoms with E-state index in [2.05, 4.69) is 46.6 Å². The van der Waals surface area contributed by atoms with E-state index < -0.39 is 0 Å². The molecule has 0 saturated heterocycles. The maximum Gasteiger partial charge on any atom is 0.271 e. The molecule has 0 saturated carbocycles. The normalized spacial score (nSPS) is 10.8. The summed E-state index contributed by atoms with van der Waals surface area (Å²) in [6.07, 6.45) is 1.63. The molecule has 0 bridgehead atoms. The summed E-state index contributed by atoms with van der Waals surface area (Å²) in [5.41, 5.74) is 8.48. The number of para-hydroxylation sites is 1. The largest absolute Gasteiger partial charge is 0.489 e. The predicted octanol–water partition coefficient (Wildman–Crippen LogP) is 6.11. The number of anilines is 2. The van der Waals surface area contributed by atoms with Crippen molar-refractivity contribution in [3.8, 4) is 5.75 Å². The molecule has 0 aliphatic rings. The van der Waals surface area contributed by atoms with Crippen molar-refractivity contribution in [3.63, 3.8) is 0 Å². The first-order valence-corrected chi connectivity index (χ1v) is 11.1. The first-order chi connectivity index (χ1) is 16.6. The number of amides is 1. The average Bonchev–Trinajstić information content (AvgIpc) is 2.89. The van der Waals surface area contributed by atoms with Crippen LogP contribution >= 0.6 is 0 Å².